The third-order valence-corrected chi connectivity index (χ3v) is 4.94. The third kappa shape index (κ3) is 3.72. The number of amides is 1. The second kappa shape index (κ2) is 7.08. The molecule has 2 N–H and O–H groups in total. The van der Waals surface area contributed by atoms with Gasteiger partial charge in [-0.05, 0) is 42.5 Å². The van der Waals surface area contributed by atoms with E-state index in [9.17, 15) is 15.0 Å². The first-order valence-corrected chi connectivity index (χ1v) is 8.84. The lowest BCUT2D eigenvalue weighted by atomic mass is 10.2. The molecule has 1 aromatic carbocycles. The molecule has 1 amide bonds. The number of aromatic nitrogens is 2. The van der Waals surface area contributed by atoms with Crippen molar-refractivity contribution in [1.29, 1.82) is 0 Å². The molecule has 1 fully saturated rings. The molecule has 2 aromatic rings. The minimum Gasteiger partial charge on any atom is -0.504 e. The average molecular weight is 374 g/mol. The summed E-state index contributed by atoms with van der Waals surface area (Å²) in [5.74, 6) is -0.668. The van der Waals surface area contributed by atoms with Gasteiger partial charge in [-0.3, -0.25) is 9.69 Å². The van der Waals surface area contributed by atoms with Gasteiger partial charge < -0.3 is 10.2 Å². The number of phenols is 2. The fourth-order valence-corrected chi connectivity index (χ4v) is 3.68. The number of nitrogens with zero attached hydrogens (tertiary/aromatic N) is 4. The molecule has 0 aliphatic carbocycles. The second-order valence-corrected chi connectivity index (χ2v) is 7.23. The molecule has 7 nitrogen and oxygen atoms in total. The van der Waals surface area contributed by atoms with Crippen molar-refractivity contribution in [3.63, 3.8) is 0 Å². The highest BCUT2D eigenvalue weighted by molar-refractivity contribution is 8.18. The van der Waals surface area contributed by atoms with Crippen LogP contribution >= 0.6 is 23.1 Å². The van der Waals surface area contributed by atoms with Gasteiger partial charge in [0.05, 0.1) is 4.91 Å². The number of amidine groups is 1. The first-order chi connectivity index (χ1) is 12.0. The molecule has 1 aliphatic heterocycles. The van der Waals surface area contributed by atoms with Crippen molar-refractivity contribution < 1.29 is 15.0 Å². The highest BCUT2D eigenvalue weighted by Crippen LogP contribution is 2.35. The molecule has 1 aromatic heterocycles. The summed E-state index contributed by atoms with van der Waals surface area (Å²) in [4.78, 5) is 19.0. The van der Waals surface area contributed by atoms with Gasteiger partial charge in [-0.25, -0.2) is 0 Å². The number of carbonyl (C=O) groups is 1. The van der Waals surface area contributed by atoms with E-state index in [1.54, 1.807) is 18.2 Å². The summed E-state index contributed by atoms with van der Waals surface area (Å²) in [5.41, 5.74) is 0.595. The number of aromatic hydroxyl groups is 2. The van der Waals surface area contributed by atoms with Gasteiger partial charge >= 0.3 is 0 Å². The molecule has 128 valence electrons. The maximum absolute atomic E-state index is 12.6. The predicted octanol–water partition coefficient (Wildman–Crippen LogP) is 3.05. The molecule has 0 atom stereocenters. The van der Waals surface area contributed by atoms with Crippen LogP contribution in [0.15, 0.2) is 40.8 Å². The number of benzene rings is 1. The van der Waals surface area contributed by atoms with Crippen LogP contribution in [0.4, 0.5) is 5.13 Å². The molecular weight excluding hydrogens is 360 g/mol. The third-order valence-electron chi connectivity index (χ3n) is 3.20. The standard InChI is InChI=1S/C16H14N4O3S2/c1-3-6-20-14(23)13(8-10-4-5-11(21)12(22)7-10)25-16(20)17-15-19-18-9(2)24-15/h3-5,7-8,21-22H,1,6H2,2H3/b13-8+,17-16?. The number of phenolic OH excluding ortho intramolecular Hbond substituents is 2. The lowest BCUT2D eigenvalue weighted by Gasteiger charge is -2.11. The number of aliphatic imine (C=N–C) groups is 1. The van der Waals surface area contributed by atoms with E-state index in [2.05, 4.69) is 21.8 Å². The van der Waals surface area contributed by atoms with Crippen LogP contribution in [0, 0.1) is 6.92 Å². The van der Waals surface area contributed by atoms with Gasteiger partial charge in [0.2, 0.25) is 5.13 Å². The van der Waals surface area contributed by atoms with Crippen LogP contribution in [0.3, 0.4) is 0 Å². The Morgan fingerprint density at radius 3 is 2.76 bits per heavy atom. The van der Waals surface area contributed by atoms with Gasteiger partial charge in [0.15, 0.2) is 16.7 Å². The molecule has 0 bridgehead atoms. The van der Waals surface area contributed by atoms with E-state index in [-0.39, 0.29) is 17.4 Å². The van der Waals surface area contributed by atoms with Crippen molar-refractivity contribution in [3.8, 4) is 11.5 Å². The molecule has 1 aliphatic rings. The Kier molecular flexibility index (Phi) is 4.86. The van der Waals surface area contributed by atoms with Crippen LogP contribution in [0.1, 0.15) is 10.6 Å². The number of thioether (sulfide) groups is 1. The lowest BCUT2D eigenvalue weighted by molar-refractivity contribution is -0.121. The number of carbonyl (C=O) groups excluding carboxylic acids is 1. The van der Waals surface area contributed by atoms with E-state index in [0.29, 0.717) is 27.3 Å². The van der Waals surface area contributed by atoms with Gasteiger partial charge in [0.1, 0.15) is 5.01 Å². The lowest BCUT2D eigenvalue weighted by Crippen LogP contribution is -2.29. The van der Waals surface area contributed by atoms with Crippen LogP contribution < -0.4 is 0 Å². The van der Waals surface area contributed by atoms with Crippen LogP contribution in [0.2, 0.25) is 0 Å². The van der Waals surface area contributed by atoms with Crippen molar-refractivity contribution in [2.24, 2.45) is 4.99 Å². The van der Waals surface area contributed by atoms with E-state index in [1.807, 2.05) is 6.92 Å². The summed E-state index contributed by atoms with van der Waals surface area (Å²) < 4.78 is 0. The molecule has 2 heterocycles. The molecule has 0 saturated carbocycles. The van der Waals surface area contributed by atoms with E-state index in [0.717, 1.165) is 5.01 Å². The molecule has 9 heteroatoms. The highest BCUT2D eigenvalue weighted by atomic mass is 32.2. The van der Waals surface area contributed by atoms with E-state index in [1.165, 1.54) is 40.1 Å². The van der Waals surface area contributed by atoms with Crippen LogP contribution in [-0.4, -0.2) is 42.9 Å². The van der Waals surface area contributed by atoms with Crippen LogP contribution in [0.5, 0.6) is 11.5 Å². The van der Waals surface area contributed by atoms with Crippen molar-refractivity contribution in [1.82, 2.24) is 15.1 Å². The molecule has 1 saturated heterocycles. The minimum atomic E-state index is -0.244. The summed E-state index contributed by atoms with van der Waals surface area (Å²) in [5, 5.41) is 28.6. The Bertz CT molecular complexity index is 905. The highest BCUT2D eigenvalue weighted by Gasteiger charge is 2.33. The molecular formula is C16H14N4O3S2. The zero-order chi connectivity index (χ0) is 18.0. The quantitative estimate of drug-likeness (QED) is 0.485. The summed E-state index contributed by atoms with van der Waals surface area (Å²) in [6, 6.07) is 4.36. The predicted molar refractivity (Wildman–Crippen MR) is 99.0 cm³/mol. The maximum atomic E-state index is 12.6. The van der Waals surface area contributed by atoms with Crippen molar-refractivity contribution in [2.45, 2.75) is 6.92 Å². The number of hydrogen-bond donors (Lipinski definition) is 2. The minimum absolute atomic E-state index is 0.211. The monoisotopic (exact) mass is 374 g/mol. The SMILES string of the molecule is C=CCN1C(=O)/C(=C\c2ccc(O)c(O)c2)SC1=Nc1nnc(C)s1. The molecule has 0 spiro atoms. The fourth-order valence-electron chi connectivity index (χ4n) is 2.08. The number of aryl methyl sites for hydroxylation is 1. The van der Waals surface area contributed by atoms with Crippen LogP contribution in [0.25, 0.3) is 6.08 Å². The van der Waals surface area contributed by atoms with Gasteiger partial charge in [0, 0.05) is 6.54 Å². The van der Waals surface area contributed by atoms with Gasteiger partial charge in [-0.2, -0.15) is 4.99 Å². The zero-order valence-electron chi connectivity index (χ0n) is 13.2. The van der Waals surface area contributed by atoms with Crippen molar-refractivity contribution in [3.05, 3.63) is 46.3 Å². The van der Waals surface area contributed by atoms with Crippen LogP contribution in [-0.2, 0) is 4.79 Å². The van der Waals surface area contributed by atoms with Crippen molar-refractivity contribution in [2.75, 3.05) is 6.54 Å². The normalized spacial score (nSPS) is 17.6. The fraction of sp³-hybridized carbons (Fsp3) is 0.125. The molecule has 3 rings (SSSR count). The molecule has 0 radical (unpaired) electrons. The maximum Gasteiger partial charge on any atom is 0.267 e. The zero-order valence-corrected chi connectivity index (χ0v) is 14.8. The van der Waals surface area contributed by atoms with Gasteiger partial charge in [0.25, 0.3) is 5.91 Å². The Morgan fingerprint density at radius 1 is 1.32 bits per heavy atom. The first kappa shape index (κ1) is 17.2. The smallest absolute Gasteiger partial charge is 0.267 e. The first-order valence-electron chi connectivity index (χ1n) is 7.21. The summed E-state index contributed by atoms with van der Waals surface area (Å²) in [6.45, 7) is 5.82. The Balaban J connectivity index is 1.95. The summed E-state index contributed by atoms with van der Waals surface area (Å²) in [7, 11) is 0. The van der Waals surface area contributed by atoms with E-state index >= 15 is 0 Å². The van der Waals surface area contributed by atoms with E-state index < -0.39 is 0 Å². The van der Waals surface area contributed by atoms with E-state index in [4.69, 9.17) is 0 Å². The number of hydrogen-bond acceptors (Lipinski definition) is 8. The van der Waals surface area contributed by atoms with Crippen molar-refractivity contribution >= 4 is 45.4 Å². The Morgan fingerprint density at radius 2 is 2.12 bits per heavy atom. The van der Waals surface area contributed by atoms with Gasteiger partial charge in [-0.15, -0.1) is 16.8 Å². The second-order valence-electron chi connectivity index (χ2n) is 5.06. The molecule has 0 unspecified atom stereocenters. The average Bonchev–Trinajstić information content (AvgIpc) is 3.10. The van der Waals surface area contributed by atoms with Gasteiger partial charge in [-0.1, -0.05) is 23.5 Å². The molecule has 25 heavy (non-hydrogen) atoms. The Labute approximate surface area is 152 Å². The largest absolute Gasteiger partial charge is 0.504 e. The summed E-state index contributed by atoms with van der Waals surface area (Å²) >= 11 is 2.55. The summed E-state index contributed by atoms with van der Waals surface area (Å²) in [6.07, 6.45) is 3.25. The topological polar surface area (TPSA) is 98.9 Å². The number of rotatable bonds is 4. The Hall–Kier alpha value is -2.65.